The van der Waals surface area contributed by atoms with Crippen molar-refractivity contribution in [3.05, 3.63) is 33.8 Å². The summed E-state index contributed by atoms with van der Waals surface area (Å²) in [6, 6.07) is 5.41. The molecule has 2 rings (SSSR count). The van der Waals surface area contributed by atoms with Gasteiger partial charge in [0.2, 0.25) is 0 Å². The Labute approximate surface area is 153 Å². The molecule has 0 aliphatic carbocycles. The van der Waals surface area contributed by atoms with Crippen molar-refractivity contribution in [1.82, 2.24) is 4.90 Å². The Morgan fingerprint density at radius 2 is 2.08 bits per heavy atom. The molecule has 0 spiro atoms. The fourth-order valence-electron chi connectivity index (χ4n) is 2.64. The molecule has 1 fully saturated rings. The molecule has 5 nitrogen and oxygen atoms in total. The Kier molecular flexibility index (Phi) is 6.37. The number of carbonyl (C=O) groups excluding carboxylic acids is 1. The molecule has 1 aliphatic rings. The molecule has 1 saturated heterocycles. The average Bonchev–Trinajstić information content (AvgIpc) is 2.70. The van der Waals surface area contributed by atoms with Crippen LogP contribution in [-0.4, -0.2) is 42.8 Å². The Balaban J connectivity index is 2.16. The molecule has 134 valence electrons. The minimum atomic E-state index is -0.536. The van der Waals surface area contributed by atoms with E-state index in [4.69, 9.17) is 38.4 Å². The van der Waals surface area contributed by atoms with Crippen LogP contribution < -0.4 is 5.73 Å². The van der Waals surface area contributed by atoms with E-state index in [0.717, 1.165) is 5.56 Å². The molecule has 1 aromatic carbocycles. The number of halogens is 2. The van der Waals surface area contributed by atoms with Crippen LogP contribution in [0.4, 0.5) is 4.79 Å². The first-order chi connectivity index (χ1) is 11.2. The monoisotopic (exact) mass is 374 g/mol. The third-order valence-electron chi connectivity index (χ3n) is 3.77. The van der Waals surface area contributed by atoms with Crippen molar-refractivity contribution in [2.24, 2.45) is 11.7 Å². The smallest absolute Gasteiger partial charge is 0.410 e. The van der Waals surface area contributed by atoms with Crippen molar-refractivity contribution in [1.29, 1.82) is 0 Å². The number of ether oxygens (including phenoxy) is 2. The number of nitrogens with zero attached hydrogens (tertiary/aromatic N) is 1. The van der Waals surface area contributed by atoms with Crippen molar-refractivity contribution in [3.63, 3.8) is 0 Å². The lowest BCUT2D eigenvalue weighted by atomic mass is 9.95. The predicted molar refractivity (Wildman–Crippen MR) is 95.5 cm³/mol. The lowest BCUT2D eigenvalue weighted by Gasteiger charge is -2.29. The Bertz CT molecular complexity index is 590. The molecular weight excluding hydrogens is 351 g/mol. The maximum Gasteiger partial charge on any atom is 0.410 e. The average molecular weight is 375 g/mol. The van der Waals surface area contributed by atoms with Gasteiger partial charge in [-0.1, -0.05) is 29.3 Å². The number of carbonyl (C=O) groups is 1. The summed E-state index contributed by atoms with van der Waals surface area (Å²) in [6.07, 6.45) is -0.587. The van der Waals surface area contributed by atoms with Gasteiger partial charge in [-0.2, -0.15) is 0 Å². The molecule has 0 unspecified atom stereocenters. The van der Waals surface area contributed by atoms with Gasteiger partial charge in [0.15, 0.2) is 0 Å². The van der Waals surface area contributed by atoms with Crippen LogP contribution in [-0.2, 0) is 9.47 Å². The Morgan fingerprint density at radius 1 is 1.38 bits per heavy atom. The topological polar surface area (TPSA) is 64.8 Å². The largest absolute Gasteiger partial charge is 0.444 e. The maximum atomic E-state index is 12.3. The zero-order valence-electron chi connectivity index (χ0n) is 14.2. The molecule has 0 bridgehead atoms. The van der Waals surface area contributed by atoms with Crippen molar-refractivity contribution < 1.29 is 14.3 Å². The SMILES string of the molecule is CC(C)(C)OC(=O)N1CCO[C@H](c2ccc(Cl)c(Cl)c2)[C@@H](CN)C1. The standard InChI is InChI=1S/C17H24Cl2N2O3/c1-17(2,3)24-16(22)21-6-7-23-15(12(9-20)10-21)11-4-5-13(18)14(19)8-11/h4-5,8,12,15H,6-7,9-10,20H2,1-3H3/t12-,15+/m0/s1. The predicted octanol–water partition coefficient (Wildman–Crippen LogP) is 3.88. The van der Waals surface area contributed by atoms with E-state index in [1.807, 2.05) is 26.8 Å². The first-order valence-electron chi connectivity index (χ1n) is 7.96. The fraction of sp³-hybridized carbons (Fsp3) is 0.588. The van der Waals surface area contributed by atoms with Gasteiger partial charge < -0.3 is 20.1 Å². The number of benzene rings is 1. The Hall–Kier alpha value is -1.01. The summed E-state index contributed by atoms with van der Waals surface area (Å²) >= 11 is 12.1. The highest BCUT2D eigenvalue weighted by molar-refractivity contribution is 6.42. The maximum absolute atomic E-state index is 12.3. The van der Waals surface area contributed by atoms with E-state index in [9.17, 15) is 4.79 Å². The van der Waals surface area contributed by atoms with E-state index in [1.54, 1.807) is 17.0 Å². The number of rotatable bonds is 2. The highest BCUT2D eigenvalue weighted by Crippen LogP contribution is 2.33. The van der Waals surface area contributed by atoms with Crippen LogP contribution in [0.1, 0.15) is 32.4 Å². The molecule has 2 atom stereocenters. The van der Waals surface area contributed by atoms with Crippen LogP contribution in [0.25, 0.3) is 0 Å². The lowest BCUT2D eigenvalue weighted by molar-refractivity contribution is 0.0231. The first-order valence-corrected chi connectivity index (χ1v) is 8.71. The molecular formula is C17H24Cl2N2O3. The Morgan fingerprint density at radius 3 is 2.67 bits per heavy atom. The summed E-state index contributed by atoms with van der Waals surface area (Å²) in [4.78, 5) is 14.0. The molecule has 0 aromatic heterocycles. The van der Waals surface area contributed by atoms with Gasteiger partial charge >= 0.3 is 6.09 Å². The molecule has 1 amide bonds. The highest BCUT2D eigenvalue weighted by Gasteiger charge is 2.32. The van der Waals surface area contributed by atoms with Crippen molar-refractivity contribution in [2.45, 2.75) is 32.5 Å². The minimum Gasteiger partial charge on any atom is -0.444 e. The molecule has 1 heterocycles. The number of nitrogens with two attached hydrogens (primary N) is 1. The van der Waals surface area contributed by atoms with Crippen LogP contribution in [0.15, 0.2) is 18.2 Å². The van der Waals surface area contributed by atoms with Crippen LogP contribution in [0.3, 0.4) is 0 Å². The molecule has 1 aliphatic heterocycles. The molecule has 7 heteroatoms. The molecule has 24 heavy (non-hydrogen) atoms. The summed E-state index contributed by atoms with van der Waals surface area (Å²) in [5, 5.41) is 0.968. The first kappa shape index (κ1) is 19.3. The van der Waals surface area contributed by atoms with Gasteiger partial charge in [0, 0.05) is 19.0 Å². The van der Waals surface area contributed by atoms with Gasteiger partial charge in [-0.05, 0) is 45.0 Å². The molecule has 0 radical (unpaired) electrons. The van der Waals surface area contributed by atoms with E-state index in [2.05, 4.69) is 0 Å². The van der Waals surface area contributed by atoms with E-state index in [1.165, 1.54) is 0 Å². The van der Waals surface area contributed by atoms with Crippen LogP contribution in [0, 0.1) is 5.92 Å². The van der Waals surface area contributed by atoms with Crippen LogP contribution >= 0.6 is 23.2 Å². The van der Waals surface area contributed by atoms with Crippen molar-refractivity contribution in [2.75, 3.05) is 26.2 Å². The van der Waals surface area contributed by atoms with Crippen LogP contribution in [0.5, 0.6) is 0 Å². The second-order valence-corrected chi connectivity index (χ2v) is 7.70. The third-order valence-corrected chi connectivity index (χ3v) is 4.51. The lowest BCUT2D eigenvalue weighted by Crippen LogP contribution is -2.41. The zero-order chi connectivity index (χ0) is 17.9. The zero-order valence-corrected chi connectivity index (χ0v) is 15.7. The fourth-order valence-corrected chi connectivity index (χ4v) is 2.95. The molecule has 0 saturated carbocycles. The quantitative estimate of drug-likeness (QED) is 0.852. The van der Waals surface area contributed by atoms with Gasteiger partial charge in [0.25, 0.3) is 0 Å². The third kappa shape index (κ3) is 4.99. The van der Waals surface area contributed by atoms with Gasteiger partial charge in [0.1, 0.15) is 5.60 Å². The van der Waals surface area contributed by atoms with Gasteiger partial charge in [-0.25, -0.2) is 4.79 Å². The van der Waals surface area contributed by atoms with Crippen LogP contribution in [0.2, 0.25) is 10.0 Å². The minimum absolute atomic E-state index is 0.0581. The number of hydrogen-bond acceptors (Lipinski definition) is 4. The summed E-state index contributed by atoms with van der Waals surface area (Å²) in [5.74, 6) is -0.0581. The second kappa shape index (κ2) is 7.91. The van der Waals surface area contributed by atoms with Crippen molar-refractivity contribution >= 4 is 29.3 Å². The van der Waals surface area contributed by atoms with E-state index in [-0.39, 0.29) is 18.1 Å². The van der Waals surface area contributed by atoms with Gasteiger partial charge in [0.05, 0.1) is 22.8 Å². The second-order valence-electron chi connectivity index (χ2n) is 6.89. The highest BCUT2D eigenvalue weighted by atomic mass is 35.5. The molecule has 2 N–H and O–H groups in total. The van der Waals surface area contributed by atoms with E-state index >= 15 is 0 Å². The van der Waals surface area contributed by atoms with E-state index in [0.29, 0.717) is 36.3 Å². The summed E-state index contributed by atoms with van der Waals surface area (Å²) in [7, 11) is 0. The van der Waals surface area contributed by atoms with Gasteiger partial charge in [-0.15, -0.1) is 0 Å². The van der Waals surface area contributed by atoms with Crippen molar-refractivity contribution in [3.8, 4) is 0 Å². The summed E-state index contributed by atoms with van der Waals surface area (Å²) in [5.41, 5.74) is 6.31. The summed E-state index contributed by atoms with van der Waals surface area (Å²) in [6.45, 7) is 7.25. The molecule has 1 aromatic rings. The number of amides is 1. The number of hydrogen-bond donors (Lipinski definition) is 1. The summed E-state index contributed by atoms with van der Waals surface area (Å²) < 4.78 is 11.4. The normalized spacial score (nSPS) is 22.2. The van der Waals surface area contributed by atoms with Gasteiger partial charge in [-0.3, -0.25) is 0 Å². The van der Waals surface area contributed by atoms with E-state index < -0.39 is 5.60 Å².